The van der Waals surface area contributed by atoms with Crippen LogP contribution in [-0.4, -0.2) is 23.1 Å². The van der Waals surface area contributed by atoms with Gasteiger partial charge in [-0.1, -0.05) is 13.0 Å². The maximum absolute atomic E-state index is 13.4. The van der Waals surface area contributed by atoms with E-state index in [2.05, 4.69) is 38.1 Å². The summed E-state index contributed by atoms with van der Waals surface area (Å²) >= 11 is 3.47. The van der Waals surface area contributed by atoms with Crippen LogP contribution in [0.3, 0.4) is 0 Å². The third kappa shape index (κ3) is 3.91. The van der Waals surface area contributed by atoms with Crippen molar-refractivity contribution in [1.29, 1.82) is 0 Å². The van der Waals surface area contributed by atoms with Crippen molar-refractivity contribution in [2.45, 2.75) is 20.3 Å². The Labute approximate surface area is 132 Å². The van der Waals surface area contributed by atoms with Gasteiger partial charge in [-0.25, -0.2) is 9.37 Å². The number of rotatable bonds is 6. The third-order valence-corrected chi connectivity index (χ3v) is 3.51. The Morgan fingerprint density at radius 2 is 2.14 bits per heavy atom. The number of aromatic nitrogens is 2. The second kappa shape index (κ2) is 7.36. The van der Waals surface area contributed by atoms with Crippen LogP contribution in [0.5, 0.6) is 0 Å². The van der Waals surface area contributed by atoms with Gasteiger partial charge in [-0.15, -0.1) is 0 Å². The molecule has 2 rings (SSSR count). The highest BCUT2D eigenvalue weighted by atomic mass is 79.9. The minimum atomic E-state index is -0.263. The fourth-order valence-corrected chi connectivity index (χ4v) is 2.37. The van der Waals surface area contributed by atoms with Crippen LogP contribution in [0, 0.1) is 5.82 Å². The molecule has 0 saturated heterocycles. The normalized spacial score (nSPS) is 10.5. The summed E-state index contributed by atoms with van der Waals surface area (Å²) < 4.78 is 14.2. The van der Waals surface area contributed by atoms with Crippen molar-refractivity contribution in [3.05, 3.63) is 40.8 Å². The molecule has 0 bridgehead atoms. The third-order valence-electron chi connectivity index (χ3n) is 2.95. The first-order chi connectivity index (χ1) is 10.2. The van der Waals surface area contributed by atoms with Crippen molar-refractivity contribution in [2.75, 3.05) is 23.3 Å². The van der Waals surface area contributed by atoms with Crippen LogP contribution in [0.15, 0.2) is 34.9 Å². The van der Waals surface area contributed by atoms with Gasteiger partial charge in [0, 0.05) is 25.0 Å². The van der Waals surface area contributed by atoms with Gasteiger partial charge in [0.25, 0.3) is 0 Å². The van der Waals surface area contributed by atoms with E-state index < -0.39 is 0 Å². The van der Waals surface area contributed by atoms with Gasteiger partial charge in [0.15, 0.2) is 5.82 Å². The summed E-state index contributed by atoms with van der Waals surface area (Å²) in [5.41, 5.74) is 0.762. The molecule has 0 saturated carbocycles. The summed E-state index contributed by atoms with van der Waals surface area (Å²) in [5, 5.41) is 3.16. The fraction of sp³-hybridized carbons (Fsp3) is 0.333. The molecule has 0 aliphatic rings. The standard InChI is InChI=1S/C15H18BrFN4/c1-3-8-18-15-19-10-13(16)14(20-15)21(4-2)12-7-5-6-11(17)9-12/h5-7,9-10H,3-4,8H2,1-2H3,(H,18,19,20). The second-order valence-electron chi connectivity index (χ2n) is 4.52. The van der Waals surface area contributed by atoms with Crippen LogP contribution < -0.4 is 10.2 Å². The van der Waals surface area contributed by atoms with Gasteiger partial charge in [0.05, 0.1) is 4.47 Å². The molecule has 1 heterocycles. The number of hydrogen-bond acceptors (Lipinski definition) is 4. The van der Waals surface area contributed by atoms with E-state index >= 15 is 0 Å². The summed E-state index contributed by atoms with van der Waals surface area (Å²) in [6.07, 6.45) is 2.71. The molecule has 0 radical (unpaired) electrons. The van der Waals surface area contributed by atoms with Crippen LogP contribution in [0.25, 0.3) is 0 Å². The van der Waals surface area contributed by atoms with Gasteiger partial charge in [-0.2, -0.15) is 4.98 Å². The Hall–Kier alpha value is -1.69. The Bertz CT molecular complexity index is 606. The zero-order valence-corrected chi connectivity index (χ0v) is 13.7. The first kappa shape index (κ1) is 15.7. The van der Waals surface area contributed by atoms with E-state index in [0.717, 1.165) is 28.9 Å². The Kier molecular flexibility index (Phi) is 5.50. The van der Waals surface area contributed by atoms with E-state index in [1.165, 1.54) is 12.1 Å². The fourth-order valence-electron chi connectivity index (χ4n) is 1.97. The molecule has 0 fully saturated rings. The molecule has 1 N–H and O–H groups in total. The number of nitrogens with zero attached hydrogens (tertiary/aromatic N) is 3. The smallest absolute Gasteiger partial charge is 0.224 e. The van der Waals surface area contributed by atoms with E-state index in [9.17, 15) is 4.39 Å². The van der Waals surface area contributed by atoms with E-state index in [-0.39, 0.29) is 5.82 Å². The van der Waals surface area contributed by atoms with Gasteiger partial charge < -0.3 is 10.2 Å². The molecular weight excluding hydrogens is 335 g/mol. The summed E-state index contributed by atoms with van der Waals surface area (Å²) in [6, 6.07) is 6.48. The number of hydrogen-bond donors (Lipinski definition) is 1. The van der Waals surface area contributed by atoms with Gasteiger partial charge in [0.1, 0.15) is 5.82 Å². The van der Waals surface area contributed by atoms with Crippen molar-refractivity contribution >= 4 is 33.4 Å². The molecular formula is C15H18BrFN4. The SMILES string of the molecule is CCCNc1ncc(Br)c(N(CC)c2cccc(F)c2)n1. The van der Waals surface area contributed by atoms with Crippen molar-refractivity contribution in [2.24, 2.45) is 0 Å². The van der Waals surface area contributed by atoms with E-state index in [4.69, 9.17) is 0 Å². The Morgan fingerprint density at radius 3 is 2.81 bits per heavy atom. The molecule has 4 nitrogen and oxygen atoms in total. The van der Waals surface area contributed by atoms with E-state index in [1.807, 2.05) is 17.9 Å². The van der Waals surface area contributed by atoms with Gasteiger partial charge in [0.2, 0.25) is 5.95 Å². The van der Waals surface area contributed by atoms with Gasteiger partial charge in [-0.05, 0) is 47.5 Å². The summed E-state index contributed by atoms with van der Waals surface area (Å²) in [7, 11) is 0. The van der Waals surface area contributed by atoms with E-state index in [0.29, 0.717) is 12.5 Å². The predicted octanol–water partition coefficient (Wildman–Crippen LogP) is 4.36. The lowest BCUT2D eigenvalue weighted by Gasteiger charge is -2.23. The molecule has 0 spiro atoms. The van der Waals surface area contributed by atoms with Crippen molar-refractivity contribution in [3.8, 4) is 0 Å². The maximum atomic E-state index is 13.4. The van der Waals surface area contributed by atoms with E-state index in [1.54, 1.807) is 12.3 Å². The van der Waals surface area contributed by atoms with Gasteiger partial charge in [-0.3, -0.25) is 0 Å². The molecule has 0 unspecified atom stereocenters. The van der Waals surface area contributed by atoms with Crippen molar-refractivity contribution in [3.63, 3.8) is 0 Å². The Balaban J connectivity index is 2.37. The number of halogens is 2. The molecule has 2 aromatic rings. The predicted molar refractivity (Wildman–Crippen MR) is 87.6 cm³/mol. The number of anilines is 3. The molecule has 0 aliphatic carbocycles. The number of benzene rings is 1. The zero-order chi connectivity index (χ0) is 15.2. The quantitative estimate of drug-likeness (QED) is 0.838. The average Bonchev–Trinajstić information content (AvgIpc) is 2.48. The topological polar surface area (TPSA) is 41.1 Å². The molecule has 112 valence electrons. The lowest BCUT2D eigenvalue weighted by atomic mass is 10.2. The molecule has 1 aromatic heterocycles. The highest BCUT2D eigenvalue weighted by molar-refractivity contribution is 9.10. The molecule has 0 amide bonds. The second-order valence-corrected chi connectivity index (χ2v) is 5.37. The van der Waals surface area contributed by atoms with Crippen LogP contribution in [-0.2, 0) is 0 Å². The average molecular weight is 353 g/mol. The molecule has 6 heteroatoms. The molecule has 1 aromatic carbocycles. The van der Waals surface area contributed by atoms with Crippen molar-refractivity contribution < 1.29 is 4.39 Å². The molecule has 21 heavy (non-hydrogen) atoms. The van der Waals surface area contributed by atoms with Gasteiger partial charge >= 0.3 is 0 Å². The summed E-state index contributed by atoms with van der Waals surface area (Å²) in [4.78, 5) is 10.7. The molecule has 0 aliphatic heterocycles. The first-order valence-electron chi connectivity index (χ1n) is 6.95. The summed E-state index contributed by atoms with van der Waals surface area (Å²) in [5.74, 6) is 1.03. The lowest BCUT2D eigenvalue weighted by Crippen LogP contribution is -2.19. The van der Waals surface area contributed by atoms with Crippen LogP contribution in [0.1, 0.15) is 20.3 Å². The Morgan fingerprint density at radius 1 is 1.33 bits per heavy atom. The first-order valence-corrected chi connectivity index (χ1v) is 7.74. The van der Waals surface area contributed by atoms with Crippen molar-refractivity contribution in [1.82, 2.24) is 9.97 Å². The van der Waals surface area contributed by atoms with Crippen LogP contribution in [0.4, 0.5) is 21.8 Å². The monoisotopic (exact) mass is 352 g/mol. The minimum absolute atomic E-state index is 0.263. The molecule has 0 atom stereocenters. The highest BCUT2D eigenvalue weighted by Crippen LogP contribution is 2.30. The zero-order valence-electron chi connectivity index (χ0n) is 12.1. The van der Waals surface area contributed by atoms with Crippen LogP contribution in [0.2, 0.25) is 0 Å². The van der Waals surface area contributed by atoms with Crippen LogP contribution >= 0.6 is 15.9 Å². The summed E-state index contributed by atoms with van der Waals surface area (Å²) in [6.45, 7) is 5.57. The minimum Gasteiger partial charge on any atom is -0.354 e. The number of nitrogens with one attached hydrogen (secondary N) is 1. The lowest BCUT2D eigenvalue weighted by molar-refractivity contribution is 0.627. The highest BCUT2D eigenvalue weighted by Gasteiger charge is 2.14. The maximum Gasteiger partial charge on any atom is 0.224 e. The largest absolute Gasteiger partial charge is 0.354 e.